The van der Waals surface area contributed by atoms with Gasteiger partial charge in [0.25, 0.3) is 0 Å². The van der Waals surface area contributed by atoms with Crippen molar-refractivity contribution in [1.29, 1.82) is 0 Å². The molecule has 0 unspecified atom stereocenters. The third-order valence-corrected chi connectivity index (χ3v) is 1.16. The molecule has 0 amide bonds. The summed E-state index contributed by atoms with van der Waals surface area (Å²) in [7, 11) is 1.66. The Morgan fingerprint density at radius 2 is 1.77 bits per heavy atom. The van der Waals surface area contributed by atoms with Crippen LogP contribution in [0.2, 0.25) is 0 Å². The molecule has 0 aliphatic heterocycles. The maximum absolute atomic E-state index is 5.27. The maximum atomic E-state index is 5.27. The fourth-order valence-electron chi connectivity index (χ4n) is 0.626. The molecular formula is C9H21NO3. The maximum Gasteiger partial charge on any atom is 0.0812 e. The van der Waals surface area contributed by atoms with Gasteiger partial charge >= 0.3 is 0 Å². The van der Waals surface area contributed by atoms with E-state index in [0.717, 1.165) is 0 Å². The van der Waals surface area contributed by atoms with E-state index in [9.17, 15) is 0 Å². The minimum absolute atomic E-state index is 0.146. The van der Waals surface area contributed by atoms with Crippen molar-refractivity contribution >= 4 is 0 Å². The molecule has 0 rings (SSSR count). The normalized spacial score (nSPS) is 12.0. The third kappa shape index (κ3) is 11.8. The highest BCUT2D eigenvalue weighted by Crippen LogP contribution is 2.02. The van der Waals surface area contributed by atoms with E-state index in [4.69, 9.17) is 14.3 Å². The van der Waals surface area contributed by atoms with Crippen LogP contribution in [0.25, 0.3) is 0 Å². The summed E-state index contributed by atoms with van der Waals surface area (Å²) in [5.41, 5.74) is 2.69. The first-order chi connectivity index (χ1) is 6.06. The number of nitrogens with one attached hydrogen (secondary N) is 1. The SMILES string of the molecule is COCCOCCNOC(C)(C)C. The van der Waals surface area contributed by atoms with Gasteiger partial charge in [0, 0.05) is 13.7 Å². The number of hydrogen-bond donors (Lipinski definition) is 1. The van der Waals surface area contributed by atoms with Gasteiger partial charge in [0.1, 0.15) is 0 Å². The van der Waals surface area contributed by atoms with Gasteiger partial charge in [0.2, 0.25) is 0 Å². The Morgan fingerprint density at radius 1 is 1.08 bits per heavy atom. The van der Waals surface area contributed by atoms with Crippen LogP contribution in [0.1, 0.15) is 20.8 Å². The molecule has 0 atom stereocenters. The fourth-order valence-corrected chi connectivity index (χ4v) is 0.626. The molecule has 0 saturated heterocycles. The summed E-state index contributed by atoms with van der Waals surface area (Å²) in [6.07, 6.45) is 0. The van der Waals surface area contributed by atoms with Crippen molar-refractivity contribution in [3.63, 3.8) is 0 Å². The zero-order valence-corrected chi connectivity index (χ0v) is 9.05. The van der Waals surface area contributed by atoms with E-state index in [0.29, 0.717) is 26.4 Å². The highest BCUT2D eigenvalue weighted by atomic mass is 16.7. The van der Waals surface area contributed by atoms with Crippen LogP contribution in [0.15, 0.2) is 0 Å². The topological polar surface area (TPSA) is 39.7 Å². The first-order valence-electron chi connectivity index (χ1n) is 4.54. The zero-order chi connectivity index (χ0) is 10.2. The van der Waals surface area contributed by atoms with Gasteiger partial charge in [-0.15, -0.1) is 0 Å². The minimum atomic E-state index is -0.146. The van der Waals surface area contributed by atoms with Gasteiger partial charge in [0.05, 0.1) is 25.4 Å². The highest BCUT2D eigenvalue weighted by Gasteiger charge is 2.08. The minimum Gasteiger partial charge on any atom is -0.382 e. The molecule has 0 aromatic carbocycles. The van der Waals surface area contributed by atoms with E-state index in [2.05, 4.69) is 5.48 Å². The molecule has 13 heavy (non-hydrogen) atoms. The summed E-state index contributed by atoms with van der Waals surface area (Å²) in [6.45, 7) is 8.58. The standard InChI is InChI=1S/C9H21NO3/c1-9(2,3)13-10-5-6-12-8-7-11-4/h10H,5-8H2,1-4H3. The van der Waals surface area contributed by atoms with Crippen molar-refractivity contribution in [3.8, 4) is 0 Å². The predicted molar refractivity (Wildman–Crippen MR) is 51.5 cm³/mol. The lowest BCUT2D eigenvalue weighted by Gasteiger charge is -2.19. The lowest BCUT2D eigenvalue weighted by molar-refractivity contribution is -0.0797. The molecular weight excluding hydrogens is 170 g/mol. The summed E-state index contributed by atoms with van der Waals surface area (Å²) < 4.78 is 10.0. The van der Waals surface area contributed by atoms with Crippen LogP contribution in [0.5, 0.6) is 0 Å². The smallest absolute Gasteiger partial charge is 0.0812 e. The monoisotopic (exact) mass is 191 g/mol. The number of hydrogen-bond acceptors (Lipinski definition) is 4. The van der Waals surface area contributed by atoms with Crippen LogP contribution in [-0.4, -0.2) is 39.1 Å². The van der Waals surface area contributed by atoms with Crippen LogP contribution in [0.4, 0.5) is 0 Å². The fraction of sp³-hybridized carbons (Fsp3) is 1.00. The number of methoxy groups -OCH3 is 1. The molecule has 0 fully saturated rings. The van der Waals surface area contributed by atoms with Gasteiger partial charge in [-0.2, -0.15) is 5.48 Å². The lowest BCUT2D eigenvalue weighted by atomic mass is 10.2. The van der Waals surface area contributed by atoms with Gasteiger partial charge in [-0.25, -0.2) is 0 Å². The highest BCUT2D eigenvalue weighted by molar-refractivity contribution is 4.56. The second-order valence-electron chi connectivity index (χ2n) is 3.71. The van der Waals surface area contributed by atoms with Crippen molar-refractivity contribution in [2.75, 3.05) is 33.5 Å². The summed E-state index contributed by atoms with van der Waals surface area (Å²) in [5, 5.41) is 0. The molecule has 0 aliphatic rings. The quantitative estimate of drug-likeness (QED) is 0.481. The van der Waals surface area contributed by atoms with E-state index in [1.54, 1.807) is 7.11 Å². The second-order valence-corrected chi connectivity index (χ2v) is 3.71. The third-order valence-electron chi connectivity index (χ3n) is 1.16. The molecule has 0 aromatic heterocycles. The van der Waals surface area contributed by atoms with E-state index in [1.807, 2.05) is 20.8 Å². The van der Waals surface area contributed by atoms with E-state index < -0.39 is 0 Å². The van der Waals surface area contributed by atoms with Gasteiger partial charge in [0.15, 0.2) is 0 Å². The van der Waals surface area contributed by atoms with Gasteiger partial charge < -0.3 is 9.47 Å². The lowest BCUT2D eigenvalue weighted by Crippen LogP contribution is -2.31. The average molecular weight is 191 g/mol. The van der Waals surface area contributed by atoms with E-state index in [1.165, 1.54) is 0 Å². The molecule has 0 radical (unpaired) electrons. The van der Waals surface area contributed by atoms with Crippen LogP contribution in [0, 0.1) is 0 Å². The molecule has 0 aliphatic carbocycles. The van der Waals surface area contributed by atoms with E-state index >= 15 is 0 Å². The number of ether oxygens (including phenoxy) is 2. The molecule has 0 saturated carbocycles. The molecule has 0 spiro atoms. The van der Waals surface area contributed by atoms with Gasteiger partial charge in [-0.05, 0) is 20.8 Å². The van der Waals surface area contributed by atoms with Crippen LogP contribution < -0.4 is 5.48 Å². The van der Waals surface area contributed by atoms with Crippen molar-refractivity contribution in [3.05, 3.63) is 0 Å². The molecule has 0 heterocycles. The summed E-state index contributed by atoms with van der Waals surface area (Å²) in [4.78, 5) is 5.27. The van der Waals surface area contributed by atoms with Crippen LogP contribution >= 0.6 is 0 Å². The van der Waals surface area contributed by atoms with Crippen molar-refractivity contribution < 1.29 is 14.3 Å². The summed E-state index contributed by atoms with van der Waals surface area (Å²) in [6, 6.07) is 0. The average Bonchev–Trinajstić information content (AvgIpc) is 2.01. The van der Waals surface area contributed by atoms with Gasteiger partial charge in [-0.3, -0.25) is 4.84 Å². The van der Waals surface area contributed by atoms with Gasteiger partial charge in [-0.1, -0.05) is 0 Å². The van der Waals surface area contributed by atoms with Crippen LogP contribution in [-0.2, 0) is 14.3 Å². The first-order valence-corrected chi connectivity index (χ1v) is 4.54. The Hall–Kier alpha value is -0.160. The summed E-state index contributed by atoms with van der Waals surface area (Å²) >= 11 is 0. The number of rotatable bonds is 7. The molecule has 1 N–H and O–H groups in total. The van der Waals surface area contributed by atoms with Crippen molar-refractivity contribution in [2.24, 2.45) is 0 Å². The zero-order valence-electron chi connectivity index (χ0n) is 9.05. The Balaban J connectivity index is 3.00. The van der Waals surface area contributed by atoms with Crippen LogP contribution in [0.3, 0.4) is 0 Å². The number of hydroxylamine groups is 1. The van der Waals surface area contributed by atoms with Crippen molar-refractivity contribution in [2.45, 2.75) is 26.4 Å². The first kappa shape index (κ1) is 12.8. The van der Waals surface area contributed by atoms with E-state index in [-0.39, 0.29) is 5.60 Å². The molecule has 0 aromatic rings. The Morgan fingerprint density at radius 3 is 2.31 bits per heavy atom. The predicted octanol–water partition coefficient (Wildman–Crippen LogP) is 0.969. The molecule has 4 nitrogen and oxygen atoms in total. The molecule has 4 heteroatoms. The second kappa shape index (κ2) is 7.26. The molecule has 0 bridgehead atoms. The molecule has 80 valence electrons. The summed E-state index contributed by atoms with van der Waals surface area (Å²) in [5.74, 6) is 0. The Bertz CT molecular complexity index is 112. The largest absolute Gasteiger partial charge is 0.382 e. The Kier molecular flexibility index (Phi) is 7.17. The van der Waals surface area contributed by atoms with Crippen molar-refractivity contribution in [1.82, 2.24) is 5.48 Å². The Labute approximate surface area is 80.5 Å².